The van der Waals surface area contributed by atoms with E-state index in [0.29, 0.717) is 5.92 Å². The first kappa shape index (κ1) is 19.2. The van der Waals surface area contributed by atoms with Crippen LogP contribution in [0.25, 0.3) is 0 Å². The lowest BCUT2D eigenvalue weighted by Crippen LogP contribution is -2.41. The Morgan fingerprint density at radius 2 is 2.12 bits per heavy atom. The summed E-state index contributed by atoms with van der Waals surface area (Å²) >= 11 is 1.64. The predicted molar refractivity (Wildman–Crippen MR) is 96.2 cm³/mol. The van der Waals surface area contributed by atoms with E-state index in [9.17, 15) is 4.79 Å². The van der Waals surface area contributed by atoms with Crippen LogP contribution in [0.3, 0.4) is 0 Å². The van der Waals surface area contributed by atoms with Crippen molar-refractivity contribution >= 4 is 17.4 Å². The minimum absolute atomic E-state index is 0.0824. The summed E-state index contributed by atoms with van der Waals surface area (Å²) in [4.78, 5) is 18.2. The third kappa shape index (κ3) is 6.40. The van der Waals surface area contributed by atoms with Crippen LogP contribution in [0.1, 0.15) is 64.5 Å². The zero-order valence-corrected chi connectivity index (χ0v) is 16.1. The van der Waals surface area contributed by atoms with Gasteiger partial charge in [-0.05, 0) is 59.3 Å². The van der Waals surface area contributed by atoms with Crippen LogP contribution in [0.15, 0.2) is 11.6 Å². The Labute approximate surface area is 149 Å². The first-order valence-electron chi connectivity index (χ1n) is 8.84. The van der Waals surface area contributed by atoms with Crippen LogP contribution >= 0.6 is 11.3 Å². The van der Waals surface area contributed by atoms with Crippen LogP contribution < -0.4 is 0 Å². The van der Waals surface area contributed by atoms with Crippen molar-refractivity contribution in [1.29, 1.82) is 0 Å². The Morgan fingerprint density at radius 1 is 1.42 bits per heavy atom. The summed E-state index contributed by atoms with van der Waals surface area (Å²) in [5.41, 5.74) is -0.417. The summed E-state index contributed by atoms with van der Waals surface area (Å²) in [6, 6.07) is 0. The number of piperidine rings is 1. The fourth-order valence-corrected chi connectivity index (χ4v) is 3.51. The number of rotatable bonds is 6. The van der Waals surface area contributed by atoms with Gasteiger partial charge in [0.1, 0.15) is 16.7 Å². The van der Waals surface area contributed by atoms with Gasteiger partial charge in [0, 0.05) is 31.3 Å². The number of carbonyl (C=O) groups excluding carboxylic acids is 1. The molecule has 1 amide bonds. The summed E-state index contributed by atoms with van der Waals surface area (Å²) in [6.07, 6.45) is 6.06. The minimum atomic E-state index is -0.417. The van der Waals surface area contributed by atoms with E-state index in [0.717, 1.165) is 50.4 Å². The maximum Gasteiger partial charge on any atom is 0.410 e. The van der Waals surface area contributed by atoms with Crippen molar-refractivity contribution in [1.82, 2.24) is 9.88 Å². The van der Waals surface area contributed by atoms with Gasteiger partial charge < -0.3 is 14.4 Å². The Morgan fingerprint density at radius 3 is 2.71 bits per heavy atom. The second-order valence-corrected chi connectivity index (χ2v) is 8.36. The van der Waals surface area contributed by atoms with Crippen LogP contribution in [0.2, 0.25) is 0 Å². The van der Waals surface area contributed by atoms with Crippen molar-refractivity contribution in [2.75, 3.05) is 19.7 Å². The zero-order chi connectivity index (χ0) is 17.6. The molecule has 0 aromatic carbocycles. The summed E-state index contributed by atoms with van der Waals surface area (Å²) < 4.78 is 11.3. The molecule has 1 unspecified atom stereocenters. The molecule has 0 aliphatic carbocycles. The number of likely N-dealkylation sites (tertiary alicyclic amines) is 1. The first-order valence-corrected chi connectivity index (χ1v) is 9.72. The Bertz CT molecular complexity index is 491. The molecule has 1 aromatic heterocycles. The number of thiazole rings is 1. The Balaban J connectivity index is 1.59. The van der Waals surface area contributed by atoms with E-state index in [2.05, 4.69) is 11.9 Å². The van der Waals surface area contributed by atoms with E-state index in [1.807, 2.05) is 37.2 Å². The van der Waals surface area contributed by atoms with E-state index >= 15 is 0 Å². The standard InChI is InChI=1S/C18H30N2O3S/c1-14(16-19-9-13-24-16)22-12-5-6-15-7-10-20(11-8-15)17(21)23-18(2,3)4/h9,13-15H,5-8,10-12H2,1-4H3. The molecule has 5 nitrogen and oxygen atoms in total. The molecule has 136 valence electrons. The van der Waals surface area contributed by atoms with Gasteiger partial charge in [-0.3, -0.25) is 0 Å². The molecule has 0 radical (unpaired) electrons. The first-order chi connectivity index (χ1) is 11.3. The lowest BCUT2D eigenvalue weighted by atomic mass is 9.92. The fourth-order valence-electron chi connectivity index (χ4n) is 2.87. The summed E-state index contributed by atoms with van der Waals surface area (Å²) in [6.45, 7) is 10.1. The lowest BCUT2D eigenvalue weighted by molar-refractivity contribution is 0.0170. The normalized spacial score (nSPS) is 17.8. The number of nitrogens with zero attached hydrogens (tertiary/aromatic N) is 2. The number of hydrogen-bond donors (Lipinski definition) is 0. The minimum Gasteiger partial charge on any atom is -0.444 e. The number of carbonyl (C=O) groups is 1. The van der Waals surface area contributed by atoms with Gasteiger partial charge in [0.25, 0.3) is 0 Å². The van der Waals surface area contributed by atoms with Crippen LogP contribution in [0.4, 0.5) is 4.79 Å². The average Bonchev–Trinajstić information content (AvgIpc) is 3.04. The third-order valence-electron chi connectivity index (χ3n) is 4.19. The lowest BCUT2D eigenvalue weighted by Gasteiger charge is -2.33. The summed E-state index contributed by atoms with van der Waals surface area (Å²) in [5, 5.41) is 3.02. The molecule has 6 heteroatoms. The summed E-state index contributed by atoms with van der Waals surface area (Å²) in [7, 11) is 0. The number of amides is 1. The van der Waals surface area contributed by atoms with Crippen molar-refractivity contribution in [2.45, 2.75) is 65.1 Å². The Kier molecular flexibility index (Phi) is 7.04. The largest absolute Gasteiger partial charge is 0.444 e. The molecule has 1 aliphatic rings. The van der Waals surface area contributed by atoms with E-state index in [4.69, 9.17) is 9.47 Å². The van der Waals surface area contributed by atoms with Crippen molar-refractivity contribution < 1.29 is 14.3 Å². The maximum atomic E-state index is 12.0. The molecule has 0 saturated carbocycles. The maximum absolute atomic E-state index is 12.0. The van der Waals surface area contributed by atoms with Gasteiger partial charge in [0.2, 0.25) is 0 Å². The molecule has 2 heterocycles. The van der Waals surface area contributed by atoms with E-state index in [1.54, 1.807) is 11.3 Å². The molecule has 1 fully saturated rings. The van der Waals surface area contributed by atoms with Gasteiger partial charge >= 0.3 is 6.09 Å². The fraction of sp³-hybridized carbons (Fsp3) is 0.778. The average molecular weight is 355 g/mol. The number of hydrogen-bond acceptors (Lipinski definition) is 5. The predicted octanol–water partition coefficient (Wildman–Crippen LogP) is 4.65. The molecule has 2 rings (SSSR count). The van der Waals surface area contributed by atoms with Crippen molar-refractivity contribution in [3.8, 4) is 0 Å². The molecule has 1 saturated heterocycles. The number of aromatic nitrogens is 1. The smallest absolute Gasteiger partial charge is 0.410 e. The van der Waals surface area contributed by atoms with Gasteiger partial charge in [-0.15, -0.1) is 11.3 Å². The van der Waals surface area contributed by atoms with Crippen LogP contribution in [0, 0.1) is 5.92 Å². The SMILES string of the molecule is CC(OCCCC1CCN(C(=O)OC(C)(C)C)CC1)c1nccs1. The molecule has 1 aliphatic heterocycles. The zero-order valence-electron chi connectivity index (χ0n) is 15.3. The molecule has 1 atom stereocenters. The second-order valence-electron chi connectivity index (χ2n) is 7.44. The second kappa shape index (κ2) is 8.81. The van der Waals surface area contributed by atoms with Crippen molar-refractivity contribution in [3.05, 3.63) is 16.6 Å². The van der Waals surface area contributed by atoms with E-state index in [1.165, 1.54) is 0 Å². The van der Waals surface area contributed by atoms with E-state index in [-0.39, 0.29) is 12.2 Å². The van der Waals surface area contributed by atoms with Crippen LogP contribution in [-0.2, 0) is 9.47 Å². The molecule has 0 spiro atoms. The van der Waals surface area contributed by atoms with Gasteiger partial charge in [-0.1, -0.05) is 0 Å². The van der Waals surface area contributed by atoms with Gasteiger partial charge in [-0.2, -0.15) is 0 Å². The molecule has 24 heavy (non-hydrogen) atoms. The van der Waals surface area contributed by atoms with Crippen LogP contribution in [-0.4, -0.2) is 41.3 Å². The van der Waals surface area contributed by atoms with Gasteiger partial charge in [0.15, 0.2) is 0 Å². The molecular weight excluding hydrogens is 324 g/mol. The topological polar surface area (TPSA) is 51.7 Å². The summed E-state index contributed by atoms with van der Waals surface area (Å²) in [5.74, 6) is 0.683. The molecular formula is C18H30N2O3S. The van der Waals surface area contributed by atoms with E-state index < -0.39 is 5.60 Å². The quantitative estimate of drug-likeness (QED) is 0.698. The van der Waals surface area contributed by atoms with Gasteiger partial charge in [0.05, 0.1) is 0 Å². The number of ether oxygens (including phenoxy) is 2. The van der Waals surface area contributed by atoms with Gasteiger partial charge in [-0.25, -0.2) is 9.78 Å². The molecule has 1 aromatic rings. The molecule has 0 N–H and O–H groups in total. The monoisotopic (exact) mass is 354 g/mol. The molecule has 0 bridgehead atoms. The third-order valence-corrected chi connectivity index (χ3v) is 5.13. The highest BCUT2D eigenvalue weighted by Crippen LogP contribution is 2.24. The highest BCUT2D eigenvalue weighted by Gasteiger charge is 2.26. The highest BCUT2D eigenvalue weighted by atomic mass is 32.1. The Hall–Kier alpha value is -1.14. The highest BCUT2D eigenvalue weighted by molar-refractivity contribution is 7.09. The van der Waals surface area contributed by atoms with Crippen molar-refractivity contribution in [3.63, 3.8) is 0 Å². The van der Waals surface area contributed by atoms with Crippen molar-refractivity contribution in [2.24, 2.45) is 5.92 Å². The van der Waals surface area contributed by atoms with Crippen LogP contribution in [0.5, 0.6) is 0 Å².